The van der Waals surface area contributed by atoms with Gasteiger partial charge in [-0.25, -0.2) is 0 Å². The van der Waals surface area contributed by atoms with Gasteiger partial charge in [0.15, 0.2) is 0 Å². The van der Waals surface area contributed by atoms with Crippen molar-refractivity contribution in [1.82, 2.24) is 0 Å². The van der Waals surface area contributed by atoms with E-state index >= 15 is 0 Å². The highest BCUT2D eigenvalue weighted by Gasteiger charge is 2.26. The Morgan fingerprint density at radius 2 is 2.53 bits per heavy atom. The Balaban J connectivity index is 2.08. The van der Waals surface area contributed by atoms with E-state index in [9.17, 15) is 5.11 Å². The fraction of sp³-hybridized carbons (Fsp3) is 0.538. The van der Waals surface area contributed by atoms with Crippen LogP contribution in [0.5, 0.6) is 0 Å². The van der Waals surface area contributed by atoms with Crippen LogP contribution in [0.1, 0.15) is 42.0 Å². The van der Waals surface area contributed by atoms with Gasteiger partial charge in [0.25, 0.3) is 0 Å². The van der Waals surface area contributed by atoms with E-state index in [1.807, 2.05) is 17.4 Å². The van der Waals surface area contributed by atoms with Crippen molar-refractivity contribution in [3.63, 3.8) is 0 Å². The van der Waals surface area contributed by atoms with E-state index in [0.29, 0.717) is 5.92 Å². The Hall–Kier alpha value is -0.600. The van der Waals surface area contributed by atoms with Gasteiger partial charge in [0.05, 0.1) is 6.10 Å². The van der Waals surface area contributed by atoms with E-state index in [1.54, 1.807) is 0 Å². The molecule has 0 radical (unpaired) electrons. The number of hydrogen-bond acceptors (Lipinski definition) is 2. The zero-order chi connectivity index (χ0) is 10.7. The average molecular weight is 222 g/mol. The molecule has 1 heterocycles. The summed E-state index contributed by atoms with van der Waals surface area (Å²) in [6.07, 6.45) is 7.04. The maximum absolute atomic E-state index is 10.1. The van der Waals surface area contributed by atoms with Crippen molar-refractivity contribution in [2.45, 2.75) is 44.1 Å². The van der Waals surface area contributed by atoms with E-state index in [2.05, 4.69) is 18.0 Å². The summed E-state index contributed by atoms with van der Waals surface area (Å²) < 4.78 is 0. The zero-order valence-corrected chi connectivity index (χ0v) is 9.80. The van der Waals surface area contributed by atoms with Crippen LogP contribution < -0.4 is 0 Å². The summed E-state index contributed by atoms with van der Waals surface area (Å²) in [6.45, 7) is 3.70. The van der Waals surface area contributed by atoms with E-state index in [0.717, 1.165) is 19.3 Å². The Labute approximate surface area is 95.5 Å². The highest BCUT2D eigenvalue weighted by atomic mass is 32.1. The fourth-order valence-electron chi connectivity index (χ4n) is 2.41. The van der Waals surface area contributed by atoms with Gasteiger partial charge in [-0.1, -0.05) is 6.08 Å². The molecule has 0 fully saturated rings. The van der Waals surface area contributed by atoms with Gasteiger partial charge >= 0.3 is 0 Å². The first-order chi connectivity index (χ1) is 7.33. The first kappa shape index (κ1) is 10.9. The van der Waals surface area contributed by atoms with Crippen LogP contribution in [0.4, 0.5) is 0 Å². The number of rotatable bonds is 4. The minimum absolute atomic E-state index is 0.184. The van der Waals surface area contributed by atoms with Gasteiger partial charge in [-0.05, 0) is 49.1 Å². The molecule has 1 aliphatic rings. The molecule has 2 heteroatoms. The number of fused-ring (bicyclic) bond motifs is 1. The van der Waals surface area contributed by atoms with Gasteiger partial charge in [-0.15, -0.1) is 17.9 Å². The lowest BCUT2D eigenvalue weighted by Crippen LogP contribution is -2.21. The van der Waals surface area contributed by atoms with Crippen LogP contribution in [-0.2, 0) is 6.42 Å². The molecule has 1 aliphatic carbocycles. The molecule has 1 N–H and O–H groups in total. The lowest BCUT2D eigenvalue weighted by Gasteiger charge is -2.27. The Morgan fingerprint density at radius 1 is 1.67 bits per heavy atom. The third-order valence-electron chi connectivity index (χ3n) is 3.23. The number of aliphatic hydroxyl groups excluding tert-OH is 1. The van der Waals surface area contributed by atoms with Crippen molar-refractivity contribution in [3.05, 3.63) is 34.5 Å². The Kier molecular flexibility index (Phi) is 3.60. The molecule has 1 nitrogen and oxygen atoms in total. The number of thiophene rings is 1. The molecule has 0 aliphatic heterocycles. The van der Waals surface area contributed by atoms with E-state index < -0.39 is 0 Å². The quantitative estimate of drug-likeness (QED) is 0.773. The molecule has 0 amide bonds. The van der Waals surface area contributed by atoms with E-state index in [1.165, 1.54) is 23.3 Å². The molecule has 2 atom stereocenters. The molecule has 1 aromatic heterocycles. The monoisotopic (exact) mass is 222 g/mol. The Morgan fingerprint density at radius 3 is 3.33 bits per heavy atom. The summed E-state index contributed by atoms with van der Waals surface area (Å²) in [5, 5.41) is 12.3. The van der Waals surface area contributed by atoms with Gasteiger partial charge in [-0.3, -0.25) is 0 Å². The fourth-order valence-corrected chi connectivity index (χ4v) is 3.41. The summed E-state index contributed by atoms with van der Waals surface area (Å²) in [5.41, 5.74) is 1.41. The second kappa shape index (κ2) is 4.95. The second-order valence-electron chi connectivity index (χ2n) is 4.23. The number of aliphatic hydroxyl groups is 1. The molecule has 1 aromatic rings. The van der Waals surface area contributed by atoms with Crippen LogP contribution in [-0.4, -0.2) is 11.2 Å². The van der Waals surface area contributed by atoms with Gasteiger partial charge in [0.1, 0.15) is 0 Å². The van der Waals surface area contributed by atoms with Crippen molar-refractivity contribution in [2.24, 2.45) is 0 Å². The first-order valence-electron chi connectivity index (χ1n) is 5.68. The van der Waals surface area contributed by atoms with Crippen LogP contribution in [0.15, 0.2) is 24.1 Å². The third-order valence-corrected chi connectivity index (χ3v) is 4.23. The lowest BCUT2D eigenvalue weighted by atomic mass is 9.82. The van der Waals surface area contributed by atoms with Gasteiger partial charge in [-0.2, -0.15) is 0 Å². The van der Waals surface area contributed by atoms with Gasteiger partial charge in [0, 0.05) is 10.8 Å². The molecule has 0 saturated heterocycles. The number of aryl methyl sites for hydroxylation is 1. The minimum atomic E-state index is -0.184. The Bertz CT molecular complexity index is 329. The maximum atomic E-state index is 10.1. The second-order valence-corrected chi connectivity index (χ2v) is 5.23. The number of allylic oxidation sites excluding steroid dienone is 1. The van der Waals surface area contributed by atoms with Crippen LogP contribution in [0, 0.1) is 0 Å². The summed E-state index contributed by atoms with van der Waals surface area (Å²) in [4.78, 5) is 1.49. The van der Waals surface area contributed by atoms with Crippen molar-refractivity contribution in [3.8, 4) is 0 Å². The van der Waals surface area contributed by atoms with E-state index in [4.69, 9.17) is 0 Å². The topological polar surface area (TPSA) is 20.2 Å². The molecule has 0 bridgehead atoms. The predicted molar refractivity (Wildman–Crippen MR) is 65.4 cm³/mol. The highest BCUT2D eigenvalue weighted by molar-refractivity contribution is 7.10. The molecule has 2 unspecified atom stereocenters. The molecule has 0 aromatic carbocycles. The van der Waals surface area contributed by atoms with Crippen LogP contribution in [0.2, 0.25) is 0 Å². The molecule has 82 valence electrons. The lowest BCUT2D eigenvalue weighted by molar-refractivity contribution is 0.126. The first-order valence-corrected chi connectivity index (χ1v) is 6.56. The molecule has 0 spiro atoms. The van der Waals surface area contributed by atoms with Crippen molar-refractivity contribution >= 4 is 11.3 Å². The summed E-state index contributed by atoms with van der Waals surface area (Å²) >= 11 is 1.84. The molecular formula is C13H18OS. The molecule has 0 saturated carbocycles. The number of hydrogen-bond donors (Lipinski definition) is 1. The standard InChI is InChI=1S/C13H18OS/c1-2-3-6-12(14)10-5-4-7-13-11(10)8-9-15-13/h2,8-10,12,14H,1,3-7H2. The van der Waals surface area contributed by atoms with Gasteiger partial charge in [0.2, 0.25) is 0 Å². The molecule has 2 rings (SSSR count). The van der Waals surface area contributed by atoms with Crippen LogP contribution in [0.3, 0.4) is 0 Å². The van der Waals surface area contributed by atoms with Gasteiger partial charge < -0.3 is 5.11 Å². The summed E-state index contributed by atoms with van der Waals surface area (Å²) in [5.74, 6) is 0.375. The van der Waals surface area contributed by atoms with Crippen LogP contribution >= 0.6 is 11.3 Å². The van der Waals surface area contributed by atoms with Crippen molar-refractivity contribution < 1.29 is 5.11 Å². The molecule has 15 heavy (non-hydrogen) atoms. The smallest absolute Gasteiger partial charge is 0.0612 e. The molecular weight excluding hydrogens is 204 g/mol. The summed E-state index contributed by atoms with van der Waals surface area (Å²) in [6, 6.07) is 2.20. The van der Waals surface area contributed by atoms with Crippen LogP contribution in [0.25, 0.3) is 0 Å². The van der Waals surface area contributed by atoms with Crippen molar-refractivity contribution in [2.75, 3.05) is 0 Å². The zero-order valence-electron chi connectivity index (χ0n) is 8.98. The maximum Gasteiger partial charge on any atom is 0.0612 e. The largest absolute Gasteiger partial charge is 0.392 e. The highest BCUT2D eigenvalue weighted by Crippen LogP contribution is 2.37. The van der Waals surface area contributed by atoms with Crippen molar-refractivity contribution in [1.29, 1.82) is 0 Å². The summed E-state index contributed by atoms with van der Waals surface area (Å²) in [7, 11) is 0. The normalized spacial score (nSPS) is 22.1. The third kappa shape index (κ3) is 2.32. The van der Waals surface area contributed by atoms with E-state index in [-0.39, 0.29) is 6.10 Å². The SMILES string of the molecule is C=CCCC(O)C1CCCc2sccc21. The average Bonchev–Trinajstić information content (AvgIpc) is 2.73. The minimum Gasteiger partial charge on any atom is -0.392 e. The predicted octanol–water partition coefficient (Wildman–Crippen LogP) is 3.50.